The van der Waals surface area contributed by atoms with Gasteiger partial charge < -0.3 is 5.32 Å². The van der Waals surface area contributed by atoms with Gasteiger partial charge in [-0.25, -0.2) is 8.78 Å². The fraction of sp³-hybridized carbons (Fsp3) is 0.357. The zero-order valence-corrected chi connectivity index (χ0v) is 10.9. The van der Waals surface area contributed by atoms with E-state index in [1.165, 1.54) is 12.1 Å². The van der Waals surface area contributed by atoms with Crippen molar-refractivity contribution in [3.63, 3.8) is 0 Å². The minimum Gasteiger partial charge on any atom is -0.313 e. The highest BCUT2D eigenvalue weighted by atomic mass is 19.1. The smallest absolute Gasteiger partial charge is 0.131 e. The molecular weight excluding hydrogens is 248 g/mol. The molecule has 0 aliphatic rings. The van der Waals surface area contributed by atoms with Gasteiger partial charge in [0.15, 0.2) is 0 Å². The van der Waals surface area contributed by atoms with Crippen molar-refractivity contribution in [2.45, 2.75) is 26.4 Å². The standard InChI is InChI=1S/C14H17F2N3/c1-2-5-17-7-11-8-18-19(9-11)10-12-3-4-13(15)6-14(12)16/h3-4,6,8-9,17H,2,5,7,10H2,1H3. The monoisotopic (exact) mass is 265 g/mol. The van der Waals surface area contributed by atoms with E-state index in [9.17, 15) is 8.78 Å². The highest BCUT2D eigenvalue weighted by molar-refractivity contribution is 5.19. The lowest BCUT2D eigenvalue weighted by molar-refractivity contribution is 0.558. The Balaban J connectivity index is 1.99. The molecule has 0 fully saturated rings. The minimum absolute atomic E-state index is 0.305. The van der Waals surface area contributed by atoms with Gasteiger partial charge in [0, 0.05) is 29.9 Å². The van der Waals surface area contributed by atoms with Crippen molar-refractivity contribution in [1.82, 2.24) is 15.1 Å². The number of hydrogen-bond acceptors (Lipinski definition) is 2. The van der Waals surface area contributed by atoms with Crippen molar-refractivity contribution >= 4 is 0 Å². The maximum Gasteiger partial charge on any atom is 0.131 e. The summed E-state index contributed by atoms with van der Waals surface area (Å²) in [6, 6.07) is 3.59. The molecule has 0 unspecified atom stereocenters. The first kappa shape index (κ1) is 13.7. The first-order valence-electron chi connectivity index (χ1n) is 6.35. The Morgan fingerprint density at radius 1 is 1.32 bits per heavy atom. The summed E-state index contributed by atoms with van der Waals surface area (Å²) in [7, 11) is 0. The second-order valence-corrected chi connectivity index (χ2v) is 4.46. The van der Waals surface area contributed by atoms with Crippen molar-refractivity contribution in [3.05, 3.63) is 53.4 Å². The van der Waals surface area contributed by atoms with E-state index in [4.69, 9.17) is 0 Å². The largest absolute Gasteiger partial charge is 0.313 e. The Bertz CT molecular complexity index is 537. The van der Waals surface area contributed by atoms with E-state index < -0.39 is 11.6 Å². The predicted octanol–water partition coefficient (Wildman–Crippen LogP) is 2.71. The van der Waals surface area contributed by atoms with Gasteiger partial charge in [-0.1, -0.05) is 13.0 Å². The third-order valence-corrected chi connectivity index (χ3v) is 2.79. The maximum atomic E-state index is 13.5. The topological polar surface area (TPSA) is 29.9 Å². The number of rotatable bonds is 6. The molecule has 102 valence electrons. The molecular formula is C14H17F2N3. The molecule has 0 aliphatic carbocycles. The van der Waals surface area contributed by atoms with Gasteiger partial charge in [-0.05, 0) is 19.0 Å². The number of nitrogens with one attached hydrogen (secondary N) is 1. The molecule has 0 radical (unpaired) electrons. The van der Waals surface area contributed by atoms with Crippen LogP contribution in [0.4, 0.5) is 8.78 Å². The lowest BCUT2D eigenvalue weighted by Gasteiger charge is -2.03. The third-order valence-electron chi connectivity index (χ3n) is 2.79. The van der Waals surface area contributed by atoms with Crippen LogP contribution in [0, 0.1) is 11.6 Å². The minimum atomic E-state index is -0.564. The predicted molar refractivity (Wildman–Crippen MR) is 69.7 cm³/mol. The molecule has 0 saturated heterocycles. The summed E-state index contributed by atoms with van der Waals surface area (Å²) >= 11 is 0. The zero-order chi connectivity index (χ0) is 13.7. The van der Waals surface area contributed by atoms with Crippen LogP contribution in [0.2, 0.25) is 0 Å². The molecule has 0 saturated carbocycles. The Labute approximate surface area is 111 Å². The van der Waals surface area contributed by atoms with Gasteiger partial charge >= 0.3 is 0 Å². The SMILES string of the molecule is CCCNCc1cnn(Cc2ccc(F)cc2F)c1. The molecule has 1 aromatic carbocycles. The highest BCUT2D eigenvalue weighted by Gasteiger charge is 2.05. The zero-order valence-electron chi connectivity index (χ0n) is 10.9. The van der Waals surface area contributed by atoms with Gasteiger partial charge in [0.2, 0.25) is 0 Å². The van der Waals surface area contributed by atoms with E-state index in [2.05, 4.69) is 17.3 Å². The van der Waals surface area contributed by atoms with Crippen molar-refractivity contribution < 1.29 is 8.78 Å². The molecule has 1 heterocycles. The van der Waals surface area contributed by atoms with Gasteiger partial charge in [-0.3, -0.25) is 4.68 Å². The van der Waals surface area contributed by atoms with Crippen LogP contribution >= 0.6 is 0 Å². The maximum absolute atomic E-state index is 13.5. The van der Waals surface area contributed by atoms with Crippen LogP contribution in [0.5, 0.6) is 0 Å². The molecule has 19 heavy (non-hydrogen) atoms. The van der Waals surface area contributed by atoms with E-state index in [1.54, 1.807) is 10.9 Å². The average molecular weight is 265 g/mol. The first-order chi connectivity index (χ1) is 9.19. The molecule has 2 aromatic rings. The molecule has 1 aromatic heterocycles. The number of benzene rings is 1. The van der Waals surface area contributed by atoms with Gasteiger partial charge in [0.25, 0.3) is 0 Å². The van der Waals surface area contributed by atoms with Crippen LogP contribution in [0.3, 0.4) is 0 Å². The number of halogens is 2. The third kappa shape index (κ3) is 3.86. The van der Waals surface area contributed by atoms with Crippen LogP contribution in [-0.2, 0) is 13.1 Å². The molecule has 1 N–H and O–H groups in total. The van der Waals surface area contributed by atoms with Crippen LogP contribution < -0.4 is 5.32 Å². The molecule has 0 aliphatic heterocycles. The first-order valence-corrected chi connectivity index (χ1v) is 6.35. The quantitative estimate of drug-likeness (QED) is 0.814. The molecule has 0 bridgehead atoms. The summed E-state index contributed by atoms with van der Waals surface area (Å²) in [5, 5.41) is 7.44. The Kier molecular flexibility index (Phi) is 4.63. The summed E-state index contributed by atoms with van der Waals surface area (Å²) in [6.07, 6.45) is 4.70. The number of nitrogens with zero attached hydrogens (tertiary/aromatic N) is 2. The fourth-order valence-electron chi connectivity index (χ4n) is 1.82. The molecule has 0 spiro atoms. The normalized spacial score (nSPS) is 10.9. The van der Waals surface area contributed by atoms with E-state index in [0.717, 1.165) is 31.1 Å². The fourth-order valence-corrected chi connectivity index (χ4v) is 1.82. The molecule has 2 rings (SSSR count). The van der Waals surface area contributed by atoms with Crippen LogP contribution in [0.1, 0.15) is 24.5 Å². The van der Waals surface area contributed by atoms with Crippen molar-refractivity contribution in [1.29, 1.82) is 0 Å². The van der Waals surface area contributed by atoms with Gasteiger partial charge in [0.1, 0.15) is 11.6 Å². The second-order valence-electron chi connectivity index (χ2n) is 4.46. The summed E-state index contributed by atoms with van der Waals surface area (Å²) in [5.41, 5.74) is 1.48. The summed E-state index contributed by atoms with van der Waals surface area (Å²) < 4.78 is 27.9. The number of hydrogen-bond donors (Lipinski definition) is 1. The Morgan fingerprint density at radius 3 is 2.89 bits per heavy atom. The average Bonchev–Trinajstić information content (AvgIpc) is 2.81. The molecule has 5 heteroatoms. The van der Waals surface area contributed by atoms with Crippen LogP contribution in [0.25, 0.3) is 0 Å². The van der Waals surface area contributed by atoms with E-state index in [0.29, 0.717) is 12.1 Å². The van der Waals surface area contributed by atoms with Gasteiger partial charge in [-0.2, -0.15) is 5.10 Å². The number of aromatic nitrogens is 2. The van der Waals surface area contributed by atoms with E-state index >= 15 is 0 Å². The van der Waals surface area contributed by atoms with E-state index in [-0.39, 0.29) is 0 Å². The van der Waals surface area contributed by atoms with Crippen LogP contribution in [-0.4, -0.2) is 16.3 Å². The van der Waals surface area contributed by atoms with Gasteiger partial charge in [-0.15, -0.1) is 0 Å². The van der Waals surface area contributed by atoms with Crippen molar-refractivity contribution in [2.75, 3.05) is 6.54 Å². The summed E-state index contributed by atoms with van der Waals surface area (Å²) in [4.78, 5) is 0. The Hall–Kier alpha value is -1.75. The second kappa shape index (κ2) is 6.43. The Morgan fingerprint density at radius 2 is 2.16 bits per heavy atom. The molecule has 3 nitrogen and oxygen atoms in total. The van der Waals surface area contributed by atoms with Gasteiger partial charge in [0.05, 0.1) is 12.7 Å². The van der Waals surface area contributed by atoms with Crippen molar-refractivity contribution in [2.24, 2.45) is 0 Å². The van der Waals surface area contributed by atoms with Crippen molar-refractivity contribution in [3.8, 4) is 0 Å². The lowest BCUT2D eigenvalue weighted by Crippen LogP contribution is -2.13. The summed E-state index contributed by atoms with van der Waals surface area (Å²) in [5.74, 6) is -1.10. The molecule has 0 atom stereocenters. The summed E-state index contributed by atoms with van der Waals surface area (Å²) in [6.45, 7) is 4.12. The highest BCUT2D eigenvalue weighted by Crippen LogP contribution is 2.11. The van der Waals surface area contributed by atoms with Crippen LogP contribution in [0.15, 0.2) is 30.6 Å². The molecule has 0 amide bonds. The lowest BCUT2D eigenvalue weighted by atomic mass is 10.2. The van der Waals surface area contributed by atoms with E-state index in [1.807, 2.05) is 6.20 Å².